The lowest BCUT2D eigenvalue weighted by atomic mass is 9.70. The molecule has 0 aromatic carbocycles. The van der Waals surface area contributed by atoms with Crippen LogP contribution >= 0.6 is 0 Å². The van der Waals surface area contributed by atoms with Crippen LogP contribution in [0.15, 0.2) is 0 Å². The Kier molecular flexibility index (Phi) is 4.45. The lowest BCUT2D eigenvalue weighted by Gasteiger charge is -2.39. The van der Waals surface area contributed by atoms with E-state index in [-0.39, 0.29) is 18.1 Å². The largest absolute Gasteiger partial charge is 0.522 e. The van der Waals surface area contributed by atoms with Gasteiger partial charge in [-0.25, -0.2) is 0 Å². The van der Waals surface area contributed by atoms with Gasteiger partial charge in [-0.3, -0.25) is 9.53 Å². The lowest BCUT2D eigenvalue weighted by molar-refractivity contribution is -0.324. The number of epoxide rings is 2. The number of hydrogen-bond donors (Lipinski definition) is 0. The fraction of sp³-hybridized carbons (Fsp3) is 0.933. The minimum atomic E-state index is -4.65. The first-order chi connectivity index (χ1) is 11.2. The predicted molar refractivity (Wildman–Crippen MR) is 73.3 cm³/mol. The summed E-state index contributed by atoms with van der Waals surface area (Å²) in [7, 11) is 2.88. The van der Waals surface area contributed by atoms with Gasteiger partial charge in [0.2, 0.25) is 0 Å². The summed E-state index contributed by atoms with van der Waals surface area (Å²) in [5.41, 5.74) is -1.39. The zero-order chi connectivity index (χ0) is 17.8. The van der Waals surface area contributed by atoms with Crippen molar-refractivity contribution in [2.45, 2.75) is 55.6 Å². The molecule has 0 radical (unpaired) electrons. The van der Waals surface area contributed by atoms with E-state index in [1.807, 2.05) is 0 Å². The van der Waals surface area contributed by atoms with Crippen LogP contribution in [0.1, 0.15) is 19.8 Å². The highest BCUT2D eigenvalue weighted by atomic mass is 19.4. The van der Waals surface area contributed by atoms with Crippen molar-refractivity contribution in [2.75, 3.05) is 27.4 Å². The maximum atomic E-state index is 12.6. The molecule has 24 heavy (non-hydrogen) atoms. The van der Waals surface area contributed by atoms with Crippen LogP contribution in [0.4, 0.5) is 13.2 Å². The first-order valence-corrected chi connectivity index (χ1v) is 7.78. The lowest BCUT2D eigenvalue weighted by Crippen LogP contribution is -2.57. The number of carbonyl (C=O) groups is 1. The number of ketones is 1. The van der Waals surface area contributed by atoms with Crippen molar-refractivity contribution in [2.24, 2.45) is 5.92 Å². The van der Waals surface area contributed by atoms with E-state index in [2.05, 4.69) is 4.74 Å². The molecule has 1 saturated carbocycles. The van der Waals surface area contributed by atoms with Crippen LogP contribution in [0.3, 0.4) is 0 Å². The third-order valence-electron chi connectivity index (χ3n) is 5.31. The summed E-state index contributed by atoms with van der Waals surface area (Å²) in [6.07, 6.45) is -5.89. The van der Waals surface area contributed by atoms with E-state index in [1.54, 1.807) is 6.92 Å². The van der Waals surface area contributed by atoms with Crippen LogP contribution in [-0.4, -0.2) is 69.1 Å². The number of alkyl halides is 3. The van der Waals surface area contributed by atoms with E-state index in [0.29, 0.717) is 13.0 Å². The quantitative estimate of drug-likeness (QED) is 0.673. The zero-order valence-corrected chi connectivity index (χ0v) is 13.7. The Morgan fingerprint density at radius 3 is 2.46 bits per heavy atom. The monoisotopic (exact) mass is 354 g/mol. The van der Waals surface area contributed by atoms with Crippen LogP contribution in [0.25, 0.3) is 0 Å². The fourth-order valence-corrected chi connectivity index (χ4v) is 3.90. The maximum absolute atomic E-state index is 12.6. The molecule has 2 aliphatic heterocycles. The third-order valence-corrected chi connectivity index (χ3v) is 5.31. The SMILES string of the molecule is CO[C@@H]1C(=O)[C@H](OC)[C@]2(CO2)C[C@H]1[C@@]1(C)O[C@@H]1CCOC(F)(F)F. The van der Waals surface area contributed by atoms with Gasteiger partial charge in [-0.1, -0.05) is 0 Å². The van der Waals surface area contributed by atoms with Crippen molar-refractivity contribution in [3.05, 3.63) is 0 Å². The van der Waals surface area contributed by atoms with Gasteiger partial charge in [0.1, 0.15) is 17.8 Å². The first-order valence-electron chi connectivity index (χ1n) is 7.78. The van der Waals surface area contributed by atoms with E-state index in [1.165, 1.54) is 14.2 Å². The van der Waals surface area contributed by atoms with E-state index in [9.17, 15) is 18.0 Å². The summed E-state index contributed by atoms with van der Waals surface area (Å²) in [6, 6.07) is 0. The minimum Gasteiger partial charge on any atom is -0.373 e. The molecule has 0 aromatic heterocycles. The van der Waals surface area contributed by atoms with E-state index >= 15 is 0 Å². The molecular formula is C15H21F3O6. The summed E-state index contributed by atoms with van der Waals surface area (Å²) in [5.74, 6) is -0.518. The van der Waals surface area contributed by atoms with Crippen LogP contribution in [0.5, 0.6) is 0 Å². The highest BCUT2D eigenvalue weighted by molar-refractivity contribution is 5.90. The van der Waals surface area contributed by atoms with E-state index in [0.717, 1.165) is 0 Å². The number of halogens is 3. The van der Waals surface area contributed by atoms with Gasteiger partial charge in [-0.2, -0.15) is 0 Å². The summed E-state index contributed by atoms with van der Waals surface area (Å²) < 4.78 is 61.8. The fourth-order valence-electron chi connectivity index (χ4n) is 3.90. The van der Waals surface area contributed by atoms with Gasteiger partial charge >= 0.3 is 6.36 Å². The summed E-state index contributed by atoms with van der Waals surface area (Å²) in [5, 5.41) is 0. The van der Waals surface area contributed by atoms with Gasteiger partial charge in [-0.15, -0.1) is 13.2 Å². The molecule has 3 rings (SSSR count). The zero-order valence-electron chi connectivity index (χ0n) is 13.7. The average molecular weight is 354 g/mol. The molecule has 0 N–H and O–H groups in total. The number of rotatable bonds is 6. The van der Waals surface area contributed by atoms with Gasteiger partial charge in [-0.05, 0) is 13.3 Å². The molecule has 6 nitrogen and oxygen atoms in total. The molecule has 2 heterocycles. The molecule has 138 valence electrons. The molecule has 3 aliphatic rings. The van der Waals surface area contributed by atoms with Gasteiger partial charge in [0.25, 0.3) is 0 Å². The molecular weight excluding hydrogens is 333 g/mol. The molecule has 0 unspecified atom stereocenters. The number of methoxy groups -OCH3 is 2. The Balaban J connectivity index is 1.66. The van der Waals surface area contributed by atoms with Gasteiger partial charge in [0.05, 0.1) is 24.9 Å². The molecule has 9 heteroatoms. The van der Waals surface area contributed by atoms with Crippen molar-refractivity contribution < 1.29 is 41.7 Å². The second kappa shape index (κ2) is 5.91. The predicted octanol–water partition coefficient (Wildman–Crippen LogP) is 1.46. The normalized spacial score (nSPS) is 44.8. The average Bonchev–Trinajstić information content (AvgIpc) is 3.37. The molecule has 3 fully saturated rings. The summed E-state index contributed by atoms with van der Waals surface area (Å²) in [6.45, 7) is 1.73. The van der Waals surface area contributed by atoms with Crippen molar-refractivity contribution in [1.82, 2.24) is 0 Å². The molecule has 0 amide bonds. The minimum absolute atomic E-state index is 0.0959. The number of ether oxygens (including phenoxy) is 5. The third kappa shape index (κ3) is 3.08. The molecule has 0 bridgehead atoms. The second-order valence-electron chi connectivity index (χ2n) is 6.71. The van der Waals surface area contributed by atoms with Crippen LogP contribution < -0.4 is 0 Å². The van der Waals surface area contributed by atoms with E-state index in [4.69, 9.17) is 18.9 Å². The van der Waals surface area contributed by atoms with Crippen molar-refractivity contribution >= 4 is 5.78 Å². The van der Waals surface area contributed by atoms with Gasteiger partial charge in [0, 0.05) is 26.6 Å². The Morgan fingerprint density at radius 1 is 1.29 bits per heavy atom. The van der Waals surface area contributed by atoms with Crippen LogP contribution in [0, 0.1) is 5.92 Å². The van der Waals surface area contributed by atoms with Crippen molar-refractivity contribution in [3.63, 3.8) is 0 Å². The van der Waals surface area contributed by atoms with Crippen molar-refractivity contribution in [3.8, 4) is 0 Å². The summed E-state index contributed by atoms with van der Waals surface area (Å²) >= 11 is 0. The highest BCUT2D eigenvalue weighted by Crippen LogP contribution is 2.55. The topological polar surface area (TPSA) is 69.8 Å². The second-order valence-corrected chi connectivity index (χ2v) is 6.71. The van der Waals surface area contributed by atoms with Gasteiger partial charge in [0.15, 0.2) is 5.78 Å². The molecule has 2 saturated heterocycles. The van der Waals surface area contributed by atoms with Crippen molar-refractivity contribution in [1.29, 1.82) is 0 Å². The smallest absolute Gasteiger partial charge is 0.373 e. The maximum Gasteiger partial charge on any atom is 0.522 e. The Morgan fingerprint density at radius 2 is 1.96 bits per heavy atom. The molecule has 6 atom stereocenters. The van der Waals surface area contributed by atoms with Crippen LogP contribution in [-0.2, 0) is 28.5 Å². The number of hydrogen-bond acceptors (Lipinski definition) is 6. The van der Waals surface area contributed by atoms with E-state index < -0.39 is 42.5 Å². The number of Topliss-reactive ketones (excluding diaryl/α,β-unsaturated/α-hetero) is 1. The molecule has 1 spiro atoms. The standard InChI is InChI=1S/C15H21F3O6/c1-13(9(24-13)4-5-22-15(16,17)18)8-6-14(7-23-14)12(21-3)10(19)11(8)20-2/h8-9,11-12H,4-7H2,1-3H3/t8-,9-,11+,12+,13-,14-/m1/s1. The van der Waals surface area contributed by atoms with Crippen LogP contribution in [0.2, 0.25) is 0 Å². The summed E-state index contributed by atoms with van der Waals surface area (Å²) in [4.78, 5) is 12.6. The molecule has 1 aliphatic carbocycles. The Hall–Kier alpha value is -0.740. The molecule has 0 aromatic rings. The number of carbonyl (C=O) groups excluding carboxylic acids is 1. The Bertz CT molecular complexity index is 506. The Labute approximate surface area is 137 Å². The van der Waals surface area contributed by atoms with Gasteiger partial charge < -0.3 is 18.9 Å². The highest BCUT2D eigenvalue weighted by Gasteiger charge is 2.69. The first kappa shape index (κ1) is 18.1.